The van der Waals surface area contributed by atoms with E-state index in [1.807, 2.05) is 6.07 Å². The molecule has 18 heavy (non-hydrogen) atoms. The van der Waals surface area contributed by atoms with E-state index in [0.29, 0.717) is 6.04 Å². The molecule has 4 nitrogen and oxygen atoms in total. The first-order chi connectivity index (χ1) is 8.92. The van der Waals surface area contributed by atoms with E-state index < -0.39 is 0 Å². The SMILES string of the molecule is c1ccc(CC2NCN(C3CCNCC3)O2)cc1. The molecule has 2 N–H and O–H groups in total. The first-order valence-corrected chi connectivity index (χ1v) is 6.83. The summed E-state index contributed by atoms with van der Waals surface area (Å²) in [6.07, 6.45) is 3.42. The van der Waals surface area contributed by atoms with Gasteiger partial charge >= 0.3 is 0 Å². The highest BCUT2D eigenvalue weighted by atomic mass is 16.7. The van der Waals surface area contributed by atoms with Crippen LogP contribution in [0, 0.1) is 0 Å². The predicted octanol–water partition coefficient (Wildman–Crippen LogP) is 1.10. The summed E-state index contributed by atoms with van der Waals surface area (Å²) in [4.78, 5) is 6.00. The minimum atomic E-state index is 0.127. The lowest BCUT2D eigenvalue weighted by molar-refractivity contribution is -0.176. The second kappa shape index (κ2) is 5.80. The number of nitrogens with one attached hydrogen (secondary N) is 2. The Morgan fingerprint density at radius 3 is 2.72 bits per heavy atom. The van der Waals surface area contributed by atoms with Crippen molar-refractivity contribution in [3.8, 4) is 0 Å². The van der Waals surface area contributed by atoms with Crippen LogP contribution in [0.3, 0.4) is 0 Å². The molecule has 0 amide bonds. The Hall–Kier alpha value is -0.940. The maximum absolute atomic E-state index is 6.00. The van der Waals surface area contributed by atoms with Gasteiger partial charge in [0.25, 0.3) is 0 Å². The molecule has 1 aromatic carbocycles. The molecule has 0 bridgehead atoms. The fourth-order valence-corrected chi connectivity index (χ4v) is 2.68. The lowest BCUT2D eigenvalue weighted by Gasteiger charge is -2.29. The van der Waals surface area contributed by atoms with Gasteiger partial charge in [-0.25, -0.2) is 0 Å². The summed E-state index contributed by atoms with van der Waals surface area (Å²) in [5, 5.41) is 8.96. The van der Waals surface area contributed by atoms with Gasteiger partial charge < -0.3 is 5.32 Å². The van der Waals surface area contributed by atoms with Crippen LogP contribution in [0.1, 0.15) is 18.4 Å². The van der Waals surface area contributed by atoms with E-state index in [0.717, 1.165) is 26.2 Å². The van der Waals surface area contributed by atoms with Gasteiger partial charge in [-0.05, 0) is 31.5 Å². The highest BCUT2D eigenvalue weighted by Crippen LogP contribution is 2.18. The Balaban J connectivity index is 1.52. The van der Waals surface area contributed by atoms with Crippen molar-refractivity contribution >= 4 is 0 Å². The fraction of sp³-hybridized carbons (Fsp3) is 0.571. The van der Waals surface area contributed by atoms with E-state index in [-0.39, 0.29) is 6.23 Å². The van der Waals surface area contributed by atoms with Gasteiger partial charge in [0.05, 0.1) is 6.67 Å². The molecule has 0 aliphatic carbocycles. The van der Waals surface area contributed by atoms with Crippen LogP contribution in [0.5, 0.6) is 0 Å². The number of piperidine rings is 1. The average Bonchev–Trinajstić information content (AvgIpc) is 2.89. The third kappa shape index (κ3) is 2.90. The Kier molecular flexibility index (Phi) is 3.90. The van der Waals surface area contributed by atoms with Crippen molar-refractivity contribution in [2.24, 2.45) is 0 Å². The second-order valence-electron chi connectivity index (χ2n) is 5.04. The van der Waals surface area contributed by atoms with Gasteiger partial charge in [-0.2, -0.15) is 5.06 Å². The van der Waals surface area contributed by atoms with E-state index in [4.69, 9.17) is 4.84 Å². The molecule has 0 spiro atoms. The molecule has 1 aromatic rings. The molecule has 0 radical (unpaired) electrons. The van der Waals surface area contributed by atoms with Crippen molar-refractivity contribution in [3.63, 3.8) is 0 Å². The summed E-state index contributed by atoms with van der Waals surface area (Å²) in [5.74, 6) is 0. The van der Waals surface area contributed by atoms with Crippen LogP contribution in [0.25, 0.3) is 0 Å². The molecular weight excluding hydrogens is 226 g/mol. The van der Waals surface area contributed by atoms with Gasteiger partial charge in [-0.1, -0.05) is 30.3 Å². The molecule has 4 heteroatoms. The summed E-state index contributed by atoms with van der Waals surface area (Å²) < 4.78 is 0. The normalized spacial score (nSPS) is 26.6. The first-order valence-electron chi connectivity index (χ1n) is 6.83. The smallest absolute Gasteiger partial charge is 0.135 e. The summed E-state index contributed by atoms with van der Waals surface area (Å²) >= 11 is 0. The lowest BCUT2D eigenvalue weighted by atomic mass is 10.1. The predicted molar refractivity (Wildman–Crippen MR) is 70.8 cm³/mol. The van der Waals surface area contributed by atoms with E-state index in [2.05, 4.69) is 40.0 Å². The number of hydroxylamine groups is 2. The molecule has 0 saturated carbocycles. The average molecular weight is 247 g/mol. The Bertz CT molecular complexity index is 365. The van der Waals surface area contributed by atoms with Crippen molar-refractivity contribution in [1.82, 2.24) is 15.7 Å². The van der Waals surface area contributed by atoms with Gasteiger partial charge in [-0.15, -0.1) is 0 Å². The standard InChI is InChI=1S/C14H21N3O/c1-2-4-12(5-3-1)10-14-16-11-17(18-14)13-6-8-15-9-7-13/h1-5,13-16H,6-11H2. The molecule has 0 aromatic heterocycles. The number of hydrogen-bond acceptors (Lipinski definition) is 4. The van der Waals surface area contributed by atoms with Crippen molar-refractivity contribution < 1.29 is 4.84 Å². The van der Waals surface area contributed by atoms with Crippen LogP contribution >= 0.6 is 0 Å². The van der Waals surface area contributed by atoms with Crippen LogP contribution in [0.2, 0.25) is 0 Å². The van der Waals surface area contributed by atoms with Gasteiger partial charge in [0.1, 0.15) is 6.23 Å². The third-order valence-corrected chi connectivity index (χ3v) is 3.72. The van der Waals surface area contributed by atoms with Crippen LogP contribution in [-0.2, 0) is 11.3 Å². The molecule has 2 fully saturated rings. The van der Waals surface area contributed by atoms with Gasteiger partial charge in [0, 0.05) is 12.5 Å². The lowest BCUT2D eigenvalue weighted by Crippen LogP contribution is -2.41. The molecule has 3 rings (SSSR count). The second-order valence-corrected chi connectivity index (χ2v) is 5.04. The van der Waals surface area contributed by atoms with E-state index >= 15 is 0 Å². The van der Waals surface area contributed by atoms with Crippen LogP contribution in [-0.4, -0.2) is 37.1 Å². The zero-order chi connectivity index (χ0) is 12.2. The van der Waals surface area contributed by atoms with Crippen LogP contribution in [0.4, 0.5) is 0 Å². The van der Waals surface area contributed by atoms with Crippen molar-refractivity contribution in [2.45, 2.75) is 31.5 Å². The minimum absolute atomic E-state index is 0.127. The molecule has 2 aliphatic heterocycles. The third-order valence-electron chi connectivity index (χ3n) is 3.72. The molecule has 2 saturated heterocycles. The largest absolute Gasteiger partial charge is 0.317 e. The van der Waals surface area contributed by atoms with Crippen molar-refractivity contribution in [1.29, 1.82) is 0 Å². The topological polar surface area (TPSA) is 36.5 Å². The Labute approximate surface area is 108 Å². The first kappa shape index (κ1) is 12.1. The molecule has 98 valence electrons. The van der Waals surface area contributed by atoms with Crippen LogP contribution < -0.4 is 10.6 Å². The highest BCUT2D eigenvalue weighted by Gasteiger charge is 2.29. The number of nitrogens with zero attached hydrogens (tertiary/aromatic N) is 1. The molecule has 1 atom stereocenters. The summed E-state index contributed by atoms with van der Waals surface area (Å²) in [5.41, 5.74) is 1.32. The summed E-state index contributed by atoms with van der Waals surface area (Å²) in [6.45, 7) is 3.06. The van der Waals surface area contributed by atoms with E-state index in [1.54, 1.807) is 0 Å². The zero-order valence-corrected chi connectivity index (χ0v) is 10.6. The van der Waals surface area contributed by atoms with Gasteiger partial charge in [0.2, 0.25) is 0 Å². The van der Waals surface area contributed by atoms with Gasteiger partial charge in [-0.3, -0.25) is 10.2 Å². The summed E-state index contributed by atoms with van der Waals surface area (Å²) in [7, 11) is 0. The highest BCUT2D eigenvalue weighted by molar-refractivity contribution is 5.15. The fourth-order valence-electron chi connectivity index (χ4n) is 2.68. The maximum atomic E-state index is 6.00. The molecule has 1 unspecified atom stereocenters. The summed E-state index contributed by atoms with van der Waals surface area (Å²) in [6, 6.07) is 11.1. The number of hydrogen-bond donors (Lipinski definition) is 2. The van der Waals surface area contributed by atoms with E-state index in [9.17, 15) is 0 Å². The Morgan fingerprint density at radius 1 is 1.17 bits per heavy atom. The maximum Gasteiger partial charge on any atom is 0.135 e. The Morgan fingerprint density at radius 2 is 1.94 bits per heavy atom. The van der Waals surface area contributed by atoms with E-state index in [1.165, 1.54) is 18.4 Å². The van der Waals surface area contributed by atoms with Gasteiger partial charge in [0.15, 0.2) is 0 Å². The van der Waals surface area contributed by atoms with Crippen molar-refractivity contribution in [3.05, 3.63) is 35.9 Å². The number of rotatable bonds is 3. The monoisotopic (exact) mass is 247 g/mol. The molecule has 2 heterocycles. The number of benzene rings is 1. The van der Waals surface area contributed by atoms with Crippen molar-refractivity contribution in [2.75, 3.05) is 19.8 Å². The molecular formula is C14H21N3O. The van der Waals surface area contributed by atoms with Crippen LogP contribution in [0.15, 0.2) is 30.3 Å². The molecule has 2 aliphatic rings. The minimum Gasteiger partial charge on any atom is -0.317 e. The zero-order valence-electron chi connectivity index (χ0n) is 10.6. The quantitative estimate of drug-likeness (QED) is 0.838.